The third-order valence-corrected chi connectivity index (χ3v) is 4.45. The zero-order valence-corrected chi connectivity index (χ0v) is 13.9. The summed E-state index contributed by atoms with van der Waals surface area (Å²) in [7, 11) is -4.51. The Morgan fingerprint density at radius 1 is 1.29 bits per heavy atom. The maximum atomic E-state index is 11.1. The van der Waals surface area contributed by atoms with E-state index >= 15 is 0 Å². The molecule has 7 nitrogen and oxygen atoms in total. The lowest BCUT2D eigenvalue weighted by Gasteiger charge is -2.42. The fraction of sp³-hybridized carbons (Fsp3) is 0.769. The monoisotopic (exact) mass is 324 g/mol. The van der Waals surface area contributed by atoms with Crippen molar-refractivity contribution in [2.24, 2.45) is 0 Å². The Morgan fingerprint density at radius 3 is 2.19 bits per heavy atom. The largest absolute Gasteiger partial charge is 0.469 e. The molecule has 1 unspecified atom stereocenters. The van der Waals surface area contributed by atoms with Gasteiger partial charge in [0.15, 0.2) is 0 Å². The molecule has 0 rings (SSSR count). The molecular formula is C13H27NO6P+. The molecule has 0 aromatic heterocycles. The topological polar surface area (TPSA) is 93.1 Å². The van der Waals surface area contributed by atoms with Gasteiger partial charge in [-0.05, 0) is 20.8 Å². The highest BCUT2D eigenvalue weighted by molar-refractivity contribution is 7.46. The van der Waals surface area contributed by atoms with Gasteiger partial charge in [-0.3, -0.25) is 4.52 Å². The van der Waals surface area contributed by atoms with E-state index in [2.05, 4.69) is 11.1 Å². The van der Waals surface area contributed by atoms with E-state index in [1.165, 1.54) is 0 Å². The summed E-state index contributed by atoms with van der Waals surface area (Å²) >= 11 is 0. The molecular weight excluding hydrogens is 297 g/mol. The van der Waals surface area contributed by atoms with Crippen LogP contribution in [0.15, 0.2) is 12.7 Å². The second kappa shape index (κ2) is 9.33. The lowest BCUT2D eigenvalue weighted by molar-refractivity contribution is -0.947. The third kappa shape index (κ3) is 7.20. The Morgan fingerprint density at radius 2 is 1.81 bits per heavy atom. The van der Waals surface area contributed by atoms with Gasteiger partial charge in [0, 0.05) is 12.5 Å². The van der Waals surface area contributed by atoms with Crippen LogP contribution in [0.4, 0.5) is 0 Å². The summed E-state index contributed by atoms with van der Waals surface area (Å²) in [4.78, 5) is 28.8. The van der Waals surface area contributed by atoms with Gasteiger partial charge in [0.25, 0.3) is 0 Å². The van der Waals surface area contributed by atoms with Crippen LogP contribution in [0.2, 0.25) is 0 Å². The summed E-state index contributed by atoms with van der Waals surface area (Å²) < 4.78 is 21.2. The predicted molar refractivity (Wildman–Crippen MR) is 79.4 cm³/mol. The zero-order valence-electron chi connectivity index (χ0n) is 13.0. The van der Waals surface area contributed by atoms with Gasteiger partial charge < -0.3 is 19.0 Å². The summed E-state index contributed by atoms with van der Waals surface area (Å²) in [6, 6.07) is -0.157. The van der Waals surface area contributed by atoms with Gasteiger partial charge >= 0.3 is 13.8 Å². The van der Waals surface area contributed by atoms with Crippen LogP contribution in [0, 0.1) is 0 Å². The summed E-state index contributed by atoms with van der Waals surface area (Å²) in [5, 5.41) is 0. The van der Waals surface area contributed by atoms with Gasteiger partial charge in [0.2, 0.25) is 0 Å². The molecule has 0 aliphatic carbocycles. The first-order valence-corrected chi connectivity index (χ1v) is 8.62. The molecule has 0 saturated heterocycles. The molecule has 2 N–H and O–H groups in total. The van der Waals surface area contributed by atoms with E-state index < -0.39 is 13.8 Å². The van der Waals surface area contributed by atoms with Crippen molar-refractivity contribution in [3.63, 3.8) is 0 Å². The van der Waals surface area contributed by atoms with Crippen molar-refractivity contribution in [1.29, 1.82) is 0 Å². The normalized spacial score (nSPS) is 13.8. The van der Waals surface area contributed by atoms with Crippen LogP contribution in [0.3, 0.4) is 0 Å². The van der Waals surface area contributed by atoms with Crippen LogP contribution in [0.25, 0.3) is 0 Å². The van der Waals surface area contributed by atoms with Gasteiger partial charge in [-0.25, -0.2) is 9.36 Å². The third-order valence-electron chi connectivity index (χ3n) is 3.96. The van der Waals surface area contributed by atoms with E-state index in [-0.39, 0.29) is 19.3 Å². The van der Waals surface area contributed by atoms with Crippen LogP contribution < -0.4 is 0 Å². The smallest absolute Gasteiger partial charge is 0.462 e. The van der Waals surface area contributed by atoms with E-state index in [4.69, 9.17) is 14.5 Å². The van der Waals surface area contributed by atoms with Gasteiger partial charge in [0.1, 0.15) is 12.6 Å². The number of carbonyl (C=O) groups excluding carboxylic acids is 1. The minimum atomic E-state index is -4.51. The number of hydrogen-bond acceptors (Lipinski definition) is 4. The molecule has 0 bridgehead atoms. The molecule has 0 aliphatic heterocycles. The molecule has 0 radical (unpaired) electrons. The molecule has 8 heteroatoms. The molecule has 0 heterocycles. The van der Waals surface area contributed by atoms with Crippen LogP contribution >= 0.6 is 7.82 Å². The Labute approximate surface area is 126 Å². The van der Waals surface area contributed by atoms with E-state index in [0.29, 0.717) is 10.9 Å². The van der Waals surface area contributed by atoms with Crippen LogP contribution in [0.1, 0.15) is 27.2 Å². The molecule has 0 spiro atoms. The number of phosphoric acid groups is 1. The maximum absolute atomic E-state index is 11.1. The van der Waals surface area contributed by atoms with Crippen molar-refractivity contribution >= 4 is 13.8 Å². The molecule has 21 heavy (non-hydrogen) atoms. The van der Waals surface area contributed by atoms with Gasteiger partial charge in [-0.1, -0.05) is 6.58 Å². The molecule has 0 fully saturated rings. The first kappa shape index (κ1) is 20.3. The maximum Gasteiger partial charge on any atom is 0.469 e. The summed E-state index contributed by atoms with van der Waals surface area (Å²) in [5.41, 5.74) is 0. The second-order valence-electron chi connectivity index (χ2n) is 4.77. The van der Waals surface area contributed by atoms with Crippen molar-refractivity contribution in [3.05, 3.63) is 12.7 Å². The number of nitrogens with zero attached hydrogens (tertiary/aromatic N) is 1. The molecule has 1 atom stereocenters. The van der Waals surface area contributed by atoms with Crippen LogP contribution in [-0.2, 0) is 18.6 Å². The quantitative estimate of drug-likeness (QED) is 0.259. The SMILES string of the molecule is C=CC(=O)OCCC(COP(=O)(O)O)[N+](CC)(CC)CC. The lowest BCUT2D eigenvalue weighted by atomic mass is 10.1. The Hall–Kier alpha value is -0.720. The van der Waals surface area contributed by atoms with Crippen molar-refractivity contribution in [2.75, 3.05) is 32.8 Å². The number of ether oxygens (including phenoxy) is 1. The molecule has 0 aliphatic rings. The van der Waals surface area contributed by atoms with Gasteiger partial charge in [0.05, 0.1) is 26.2 Å². The standard InChI is InChI=1S/C13H26NO6P/c1-5-13(15)19-10-9-12(11-20-21(16,17)18)14(6-2,7-3)8-4/h5,12H,1,6-11H2,2-4H3,(H-,16,17,18)/p+1. The average molecular weight is 324 g/mol. The zero-order chi connectivity index (χ0) is 16.5. The molecule has 0 amide bonds. The molecule has 124 valence electrons. The van der Waals surface area contributed by atoms with Crippen molar-refractivity contribution in [1.82, 2.24) is 0 Å². The number of esters is 1. The number of hydrogen-bond donors (Lipinski definition) is 2. The number of rotatable bonds is 11. The van der Waals surface area contributed by atoms with Crippen molar-refractivity contribution < 1.29 is 32.9 Å². The highest BCUT2D eigenvalue weighted by Crippen LogP contribution is 2.36. The second-order valence-corrected chi connectivity index (χ2v) is 6.01. The number of phosphoric ester groups is 1. The minimum absolute atomic E-state index is 0.0779. The number of quaternary nitrogens is 1. The average Bonchev–Trinajstić information content (AvgIpc) is 2.44. The lowest BCUT2D eigenvalue weighted by Crippen LogP contribution is -2.57. The summed E-state index contributed by atoms with van der Waals surface area (Å²) in [6.07, 6.45) is 1.55. The predicted octanol–water partition coefficient (Wildman–Crippen LogP) is 1.46. The fourth-order valence-corrected chi connectivity index (χ4v) is 2.86. The van der Waals surface area contributed by atoms with E-state index in [1.807, 2.05) is 20.8 Å². The van der Waals surface area contributed by atoms with Gasteiger partial charge in [-0.2, -0.15) is 0 Å². The molecule has 0 saturated carbocycles. The van der Waals surface area contributed by atoms with Crippen LogP contribution in [-0.4, -0.2) is 59.1 Å². The fourth-order valence-electron chi connectivity index (χ4n) is 2.50. The Bertz CT molecular complexity index is 369. The minimum Gasteiger partial charge on any atom is -0.462 e. The van der Waals surface area contributed by atoms with E-state index in [9.17, 15) is 9.36 Å². The molecule has 0 aromatic rings. The highest BCUT2D eigenvalue weighted by atomic mass is 31.2. The van der Waals surface area contributed by atoms with E-state index in [0.717, 1.165) is 25.7 Å². The first-order valence-electron chi connectivity index (χ1n) is 7.09. The van der Waals surface area contributed by atoms with Gasteiger partial charge in [-0.15, -0.1) is 0 Å². The highest BCUT2D eigenvalue weighted by Gasteiger charge is 2.34. The number of likely N-dealkylation sites (N-methyl/N-ethyl adjacent to an activating group) is 1. The Kier molecular flexibility index (Phi) is 9.01. The number of carbonyl (C=O) groups is 1. The van der Waals surface area contributed by atoms with Crippen molar-refractivity contribution in [2.45, 2.75) is 33.2 Å². The summed E-state index contributed by atoms with van der Waals surface area (Å²) in [6.45, 7) is 11.9. The molecule has 0 aromatic carbocycles. The van der Waals surface area contributed by atoms with Crippen molar-refractivity contribution in [3.8, 4) is 0 Å². The van der Waals surface area contributed by atoms with E-state index in [1.54, 1.807) is 0 Å². The Balaban J connectivity index is 4.86. The van der Waals surface area contributed by atoms with Crippen LogP contribution in [0.5, 0.6) is 0 Å². The first-order chi connectivity index (χ1) is 9.74. The summed E-state index contributed by atoms with van der Waals surface area (Å²) in [5.74, 6) is -0.507.